The smallest absolute Gasteiger partial charge is 0.0736 e. The molecule has 4 aliphatic rings. The maximum absolute atomic E-state index is 6.16. The van der Waals surface area contributed by atoms with Gasteiger partial charge in [0, 0.05) is 30.7 Å². The Labute approximate surface area is 123 Å². The molecule has 3 saturated heterocycles. The molecule has 4 unspecified atom stereocenters. The topological polar surface area (TPSA) is 24.5 Å². The molecule has 0 radical (unpaired) electrons. The molecule has 0 amide bonds. The summed E-state index contributed by atoms with van der Waals surface area (Å²) in [6.07, 6.45) is 10.6. The van der Waals surface area contributed by atoms with Gasteiger partial charge in [-0.15, -0.1) is 0 Å². The quantitative estimate of drug-likeness (QED) is 0.840. The Balaban J connectivity index is 1.55. The average Bonchev–Trinajstić information content (AvgIpc) is 3.14. The molecule has 20 heavy (non-hydrogen) atoms. The first-order chi connectivity index (χ1) is 9.67. The van der Waals surface area contributed by atoms with Gasteiger partial charge in [0.2, 0.25) is 0 Å². The molecule has 3 heteroatoms. The molecular weight excluding hydrogens is 248 g/mol. The van der Waals surface area contributed by atoms with Gasteiger partial charge in [-0.3, -0.25) is 4.90 Å². The molecule has 1 saturated carbocycles. The Kier molecular flexibility index (Phi) is 3.36. The largest absolute Gasteiger partial charge is 0.373 e. The summed E-state index contributed by atoms with van der Waals surface area (Å²) in [5.41, 5.74) is 0.438. The van der Waals surface area contributed by atoms with Crippen molar-refractivity contribution in [2.24, 2.45) is 5.92 Å². The molecule has 1 N–H and O–H groups in total. The van der Waals surface area contributed by atoms with Crippen LogP contribution in [0.15, 0.2) is 0 Å². The van der Waals surface area contributed by atoms with E-state index in [4.69, 9.17) is 4.74 Å². The van der Waals surface area contributed by atoms with Crippen molar-refractivity contribution >= 4 is 0 Å². The summed E-state index contributed by atoms with van der Waals surface area (Å²) >= 11 is 0. The lowest BCUT2D eigenvalue weighted by atomic mass is 9.84. The van der Waals surface area contributed by atoms with Crippen LogP contribution in [-0.2, 0) is 4.74 Å². The maximum atomic E-state index is 6.16. The number of hydrogen-bond acceptors (Lipinski definition) is 3. The Morgan fingerprint density at radius 2 is 2.00 bits per heavy atom. The normalized spacial score (nSPS) is 44.0. The van der Waals surface area contributed by atoms with Crippen LogP contribution >= 0.6 is 0 Å². The maximum Gasteiger partial charge on any atom is 0.0736 e. The summed E-state index contributed by atoms with van der Waals surface area (Å²) in [6, 6.07) is 1.41. The van der Waals surface area contributed by atoms with E-state index in [-0.39, 0.29) is 0 Å². The highest BCUT2D eigenvalue weighted by atomic mass is 16.5. The summed E-state index contributed by atoms with van der Waals surface area (Å²) in [5, 5.41) is 3.94. The van der Waals surface area contributed by atoms with Crippen molar-refractivity contribution in [3.63, 3.8) is 0 Å². The fourth-order valence-electron chi connectivity index (χ4n) is 5.29. The number of piperazine rings is 1. The molecule has 4 fully saturated rings. The van der Waals surface area contributed by atoms with Crippen LogP contribution in [0.3, 0.4) is 0 Å². The average molecular weight is 278 g/mol. The molecule has 4 atom stereocenters. The molecule has 3 heterocycles. The van der Waals surface area contributed by atoms with Crippen LogP contribution in [0.1, 0.15) is 58.8 Å². The molecule has 114 valence electrons. The van der Waals surface area contributed by atoms with Gasteiger partial charge >= 0.3 is 0 Å². The highest BCUT2D eigenvalue weighted by molar-refractivity contribution is 5.06. The van der Waals surface area contributed by atoms with Crippen LogP contribution in [0.25, 0.3) is 0 Å². The zero-order valence-corrected chi connectivity index (χ0v) is 13.1. The molecule has 0 aromatic rings. The van der Waals surface area contributed by atoms with Gasteiger partial charge < -0.3 is 10.1 Å². The van der Waals surface area contributed by atoms with Crippen molar-refractivity contribution in [3.05, 3.63) is 0 Å². The summed E-state index contributed by atoms with van der Waals surface area (Å²) in [5.74, 6) is 0.736. The molecular formula is C17H30N2O. The van der Waals surface area contributed by atoms with E-state index in [0.29, 0.717) is 29.8 Å². The van der Waals surface area contributed by atoms with Gasteiger partial charge in [0.15, 0.2) is 0 Å². The van der Waals surface area contributed by atoms with E-state index < -0.39 is 0 Å². The van der Waals surface area contributed by atoms with Gasteiger partial charge in [-0.1, -0.05) is 26.7 Å². The van der Waals surface area contributed by atoms with Gasteiger partial charge in [-0.05, 0) is 38.0 Å². The highest BCUT2D eigenvalue weighted by Gasteiger charge is 2.50. The van der Waals surface area contributed by atoms with Crippen molar-refractivity contribution in [2.45, 2.75) is 88.6 Å². The first kappa shape index (κ1) is 13.5. The zero-order chi connectivity index (χ0) is 13.7. The van der Waals surface area contributed by atoms with E-state index in [1.807, 2.05) is 0 Å². The number of hydrogen-bond donors (Lipinski definition) is 1. The van der Waals surface area contributed by atoms with Crippen LogP contribution in [0.5, 0.6) is 0 Å². The SMILES string of the molecule is CC(C)C1CNC2(CCCC2)CN1C1CC2CCC1O2. The predicted octanol–water partition coefficient (Wildman–Crippen LogP) is 2.55. The second-order valence-corrected chi connectivity index (χ2v) is 8.03. The summed E-state index contributed by atoms with van der Waals surface area (Å²) in [6.45, 7) is 7.23. The highest BCUT2D eigenvalue weighted by Crippen LogP contribution is 2.42. The first-order valence-electron chi connectivity index (χ1n) is 8.83. The van der Waals surface area contributed by atoms with Crippen molar-refractivity contribution in [2.75, 3.05) is 13.1 Å². The van der Waals surface area contributed by atoms with Crippen molar-refractivity contribution in [1.29, 1.82) is 0 Å². The van der Waals surface area contributed by atoms with Crippen LogP contribution in [0.2, 0.25) is 0 Å². The Morgan fingerprint density at radius 1 is 1.20 bits per heavy atom. The van der Waals surface area contributed by atoms with Crippen molar-refractivity contribution in [3.8, 4) is 0 Å². The molecule has 4 rings (SSSR count). The van der Waals surface area contributed by atoms with Crippen molar-refractivity contribution < 1.29 is 4.74 Å². The van der Waals surface area contributed by atoms with Gasteiger partial charge in [-0.2, -0.15) is 0 Å². The molecule has 3 nitrogen and oxygen atoms in total. The van der Waals surface area contributed by atoms with Gasteiger partial charge in [-0.25, -0.2) is 0 Å². The first-order valence-corrected chi connectivity index (χ1v) is 8.83. The minimum Gasteiger partial charge on any atom is -0.373 e. The Morgan fingerprint density at radius 3 is 2.60 bits per heavy atom. The lowest BCUT2D eigenvalue weighted by molar-refractivity contribution is -0.00596. The lowest BCUT2D eigenvalue weighted by Gasteiger charge is -2.51. The number of ether oxygens (including phenoxy) is 1. The van der Waals surface area contributed by atoms with Crippen molar-refractivity contribution in [1.82, 2.24) is 10.2 Å². The molecule has 2 bridgehead atoms. The standard InChI is InChI=1S/C17H30N2O/c1-12(2)15-10-18-17(7-3-4-8-17)11-19(15)14-9-13-5-6-16(14)20-13/h12-16,18H,3-11H2,1-2H3. The van der Waals surface area contributed by atoms with E-state index in [1.54, 1.807) is 0 Å². The number of fused-ring (bicyclic) bond motifs is 2. The number of rotatable bonds is 2. The minimum absolute atomic E-state index is 0.438. The monoisotopic (exact) mass is 278 g/mol. The third-order valence-electron chi connectivity index (χ3n) is 6.43. The molecule has 3 aliphatic heterocycles. The fraction of sp³-hybridized carbons (Fsp3) is 1.00. The lowest BCUT2D eigenvalue weighted by Crippen LogP contribution is -2.67. The summed E-state index contributed by atoms with van der Waals surface area (Å²) in [7, 11) is 0. The van der Waals surface area contributed by atoms with Crippen LogP contribution < -0.4 is 5.32 Å². The fourth-order valence-corrected chi connectivity index (χ4v) is 5.29. The van der Waals surface area contributed by atoms with Crippen LogP contribution in [0, 0.1) is 5.92 Å². The number of nitrogens with one attached hydrogen (secondary N) is 1. The third kappa shape index (κ3) is 2.13. The van der Waals surface area contributed by atoms with Gasteiger partial charge in [0.05, 0.1) is 12.2 Å². The Bertz CT molecular complexity index is 364. The molecule has 0 aromatic carbocycles. The zero-order valence-electron chi connectivity index (χ0n) is 13.1. The molecule has 0 aromatic heterocycles. The molecule has 1 spiro atoms. The van der Waals surface area contributed by atoms with Crippen LogP contribution in [0.4, 0.5) is 0 Å². The second kappa shape index (κ2) is 4.96. The summed E-state index contributed by atoms with van der Waals surface area (Å²) in [4.78, 5) is 2.87. The van der Waals surface area contributed by atoms with E-state index in [2.05, 4.69) is 24.1 Å². The van der Waals surface area contributed by atoms with E-state index >= 15 is 0 Å². The van der Waals surface area contributed by atoms with E-state index in [0.717, 1.165) is 5.92 Å². The second-order valence-electron chi connectivity index (χ2n) is 8.03. The van der Waals surface area contributed by atoms with E-state index in [1.165, 1.54) is 58.0 Å². The Hall–Kier alpha value is -0.120. The predicted molar refractivity (Wildman–Crippen MR) is 80.8 cm³/mol. The summed E-state index contributed by atoms with van der Waals surface area (Å²) < 4.78 is 6.16. The van der Waals surface area contributed by atoms with E-state index in [9.17, 15) is 0 Å². The minimum atomic E-state index is 0.438. The molecule has 1 aliphatic carbocycles. The van der Waals surface area contributed by atoms with Gasteiger partial charge in [0.25, 0.3) is 0 Å². The third-order valence-corrected chi connectivity index (χ3v) is 6.43. The number of nitrogens with zero attached hydrogens (tertiary/aromatic N) is 1. The van der Waals surface area contributed by atoms with Crippen LogP contribution in [-0.4, -0.2) is 47.8 Å². The van der Waals surface area contributed by atoms with Gasteiger partial charge in [0.1, 0.15) is 0 Å².